The monoisotopic (exact) mass is 482 g/mol. The maximum atomic E-state index is 13.2. The van der Waals surface area contributed by atoms with Crippen molar-refractivity contribution in [2.75, 3.05) is 10.7 Å². The Morgan fingerprint density at radius 2 is 1.91 bits per heavy atom. The molecule has 0 aliphatic heterocycles. The summed E-state index contributed by atoms with van der Waals surface area (Å²) in [5.74, 6) is 1.19. The van der Waals surface area contributed by atoms with E-state index < -0.39 is 0 Å². The molecule has 0 saturated heterocycles. The van der Waals surface area contributed by atoms with E-state index in [-0.39, 0.29) is 11.7 Å². The Labute approximate surface area is 198 Å². The number of thiazole rings is 1. The molecule has 1 saturated carbocycles. The van der Waals surface area contributed by atoms with E-state index in [1.165, 1.54) is 23.1 Å². The van der Waals surface area contributed by atoms with Crippen LogP contribution in [0.2, 0.25) is 5.02 Å². The molecule has 162 valence electrons. The normalized spacial score (nSPS) is 13.3. The number of halogens is 1. The zero-order valence-corrected chi connectivity index (χ0v) is 19.4. The minimum Gasteiger partial charge on any atom is -0.416 e. The van der Waals surface area contributed by atoms with Crippen molar-refractivity contribution in [3.05, 3.63) is 76.5 Å². The molecule has 2 aromatic carbocycles. The second-order valence-corrected chi connectivity index (χ2v) is 9.66. The summed E-state index contributed by atoms with van der Waals surface area (Å²) < 4.78 is 5.68. The van der Waals surface area contributed by atoms with Gasteiger partial charge in [-0.15, -0.1) is 21.5 Å². The van der Waals surface area contributed by atoms with Crippen LogP contribution in [0.1, 0.15) is 30.2 Å². The Morgan fingerprint density at radius 3 is 2.66 bits per heavy atom. The Balaban J connectivity index is 1.34. The van der Waals surface area contributed by atoms with E-state index in [4.69, 9.17) is 21.0 Å². The fraction of sp³-hybridized carbons (Fsp3) is 0.217. The second-order valence-electron chi connectivity index (χ2n) is 7.46. The third-order valence-corrected chi connectivity index (χ3v) is 6.93. The number of hydrogen-bond acceptors (Lipinski definition) is 7. The molecule has 4 aromatic rings. The molecule has 0 atom stereocenters. The number of anilines is 1. The van der Waals surface area contributed by atoms with Crippen molar-refractivity contribution < 1.29 is 9.21 Å². The summed E-state index contributed by atoms with van der Waals surface area (Å²) in [6, 6.07) is 17.4. The minimum absolute atomic E-state index is 0.0676. The number of nitrogens with zero attached hydrogens (tertiary/aromatic N) is 4. The van der Waals surface area contributed by atoms with Gasteiger partial charge >= 0.3 is 0 Å². The third-order valence-electron chi connectivity index (χ3n) is 5.02. The molecule has 0 spiro atoms. The van der Waals surface area contributed by atoms with Crippen molar-refractivity contribution in [1.29, 1.82) is 0 Å². The number of hydrogen-bond donors (Lipinski definition) is 0. The molecule has 2 aromatic heterocycles. The highest BCUT2D eigenvalue weighted by atomic mass is 35.5. The minimum atomic E-state index is -0.0676. The summed E-state index contributed by atoms with van der Waals surface area (Å²) >= 11 is 8.71. The van der Waals surface area contributed by atoms with Gasteiger partial charge in [0, 0.05) is 21.9 Å². The first-order valence-electron chi connectivity index (χ1n) is 10.2. The number of carbonyl (C=O) groups is 1. The van der Waals surface area contributed by atoms with Crippen LogP contribution in [0.4, 0.5) is 5.13 Å². The molecule has 0 unspecified atom stereocenters. The molecular weight excluding hydrogens is 464 g/mol. The third kappa shape index (κ3) is 5.03. The molecular formula is C23H19ClN4O2S2. The molecule has 1 aliphatic carbocycles. The van der Waals surface area contributed by atoms with Crippen LogP contribution in [-0.2, 0) is 11.3 Å². The molecule has 1 fully saturated rings. The molecule has 0 N–H and O–H groups in total. The van der Waals surface area contributed by atoms with Gasteiger partial charge in [-0.2, -0.15) is 0 Å². The second kappa shape index (κ2) is 9.44. The number of aromatic nitrogens is 3. The van der Waals surface area contributed by atoms with Crippen LogP contribution in [-0.4, -0.2) is 26.8 Å². The summed E-state index contributed by atoms with van der Waals surface area (Å²) in [5.41, 5.74) is 2.80. The van der Waals surface area contributed by atoms with Crippen LogP contribution in [0.5, 0.6) is 0 Å². The number of benzene rings is 2. The van der Waals surface area contributed by atoms with E-state index in [1.54, 1.807) is 4.90 Å². The predicted octanol–water partition coefficient (Wildman–Crippen LogP) is 6.05. The van der Waals surface area contributed by atoms with Crippen LogP contribution in [0.15, 0.2) is 69.6 Å². The topological polar surface area (TPSA) is 72.1 Å². The summed E-state index contributed by atoms with van der Waals surface area (Å²) in [4.78, 5) is 19.7. The van der Waals surface area contributed by atoms with E-state index in [0.29, 0.717) is 33.7 Å². The molecule has 5 rings (SSSR count). The molecule has 9 heteroatoms. The van der Waals surface area contributed by atoms with Crippen molar-refractivity contribution in [2.24, 2.45) is 0 Å². The maximum absolute atomic E-state index is 13.2. The maximum Gasteiger partial charge on any atom is 0.277 e. The first-order chi connectivity index (χ1) is 15.7. The van der Waals surface area contributed by atoms with Gasteiger partial charge in [-0.25, -0.2) is 4.98 Å². The van der Waals surface area contributed by atoms with Gasteiger partial charge in [0.2, 0.25) is 11.8 Å². The van der Waals surface area contributed by atoms with Gasteiger partial charge in [0.25, 0.3) is 5.22 Å². The predicted molar refractivity (Wildman–Crippen MR) is 127 cm³/mol. The molecule has 0 radical (unpaired) electrons. The standard InChI is InChI=1S/C23H19ClN4O2S2/c24-18-10-8-16(9-11-18)19-13-31-22(25-19)28(12-15-4-2-1-3-5-15)20(29)14-32-23-27-26-21(30-23)17-6-7-17/h1-5,8-11,13,17H,6-7,12,14H2. The van der Waals surface area contributed by atoms with Crippen molar-refractivity contribution >= 4 is 45.7 Å². The van der Waals surface area contributed by atoms with Crippen LogP contribution in [0.3, 0.4) is 0 Å². The highest BCUT2D eigenvalue weighted by molar-refractivity contribution is 7.99. The van der Waals surface area contributed by atoms with Crippen LogP contribution in [0.25, 0.3) is 11.3 Å². The zero-order valence-electron chi connectivity index (χ0n) is 17.0. The van der Waals surface area contributed by atoms with Crippen LogP contribution < -0.4 is 4.90 Å². The highest BCUT2D eigenvalue weighted by Crippen LogP contribution is 2.40. The Bertz CT molecular complexity index is 1210. The fourth-order valence-electron chi connectivity index (χ4n) is 3.15. The fourth-order valence-corrected chi connectivity index (χ4v) is 4.77. The smallest absolute Gasteiger partial charge is 0.277 e. The average Bonchev–Trinajstić information content (AvgIpc) is 3.36. The lowest BCUT2D eigenvalue weighted by molar-refractivity contribution is -0.116. The number of amides is 1. The lowest BCUT2D eigenvalue weighted by Gasteiger charge is -2.19. The van der Waals surface area contributed by atoms with E-state index >= 15 is 0 Å². The van der Waals surface area contributed by atoms with Crippen molar-refractivity contribution in [1.82, 2.24) is 15.2 Å². The molecule has 0 bridgehead atoms. The van der Waals surface area contributed by atoms with E-state index in [1.807, 2.05) is 60.0 Å². The number of carbonyl (C=O) groups excluding carboxylic acids is 1. The molecule has 32 heavy (non-hydrogen) atoms. The number of rotatable bonds is 8. The average molecular weight is 483 g/mol. The molecule has 1 amide bonds. The van der Waals surface area contributed by atoms with Gasteiger partial charge in [0.15, 0.2) is 5.13 Å². The van der Waals surface area contributed by atoms with Gasteiger partial charge in [0.05, 0.1) is 18.0 Å². The largest absolute Gasteiger partial charge is 0.416 e. The summed E-state index contributed by atoms with van der Waals surface area (Å²) in [7, 11) is 0. The van der Waals surface area contributed by atoms with E-state index in [0.717, 1.165) is 29.7 Å². The van der Waals surface area contributed by atoms with Gasteiger partial charge < -0.3 is 4.42 Å². The van der Waals surface area contributed by atoms with Gasteiger partial charge in [-0.1, -0.05) is 65.8 Å². The Kier molecular flexibility index (Phi) is 6.25. The zero-order chi connectivity index (χ0) is 21.9. The Hall–Kier alpha value is -2.68. The first kappa shape index (κ1) is 21.2. The molecule has 6 nitrogen and oxygen atoms in total. The lowest BCUT2D eigenvalue weighted by Crippen LogP contribution is -2.31. The highest BCUT2D eigenvalue weighted by Gasteiger charge is 2.29. The van der Waals surface area contributed by atoms with Gasteiger partial charge in [-0.3, -0.25) is 9.69 Å². The molecule has 1 aliphatic rings. The Morgan fingerprint density at radius 1 is 1.12 bits per heavy atom. The van der Waals surface area contributed by atoms with Crippen LogP contribution >= 0.6 is 34.7 Å². The van der Waals surface area contributed by atoms with Gasteiger partial charge in [0.1, 0.15) is 0 Å². The summed E-state index contributed by atoms with van der Waals surface area (Å²) in [6.07, 6.45) is 2.19. The van der Waals surface area contributed by atoms with E-state index in [9.17, 15) is 4.79 Å². The van der Waals surface area contributed by atoms with Crippen molar-refractivity contribution in [3.63, 3.8) is 0 Å². The first-order valence-corrected chi connectivity index (χ1v) is 12.4. The van der Waals surface area contributed by atoms with Crippen LogP contribution in [0, 0.1) is 0 Å². The van der Waals surface area contributed by atoms with E-state index in [2.05, 4.69) is 10.2 Å². The lowest BCUT2D eigenvalue weighted by atomic mass is 10.2. The summed E-state index contributed by atoms with van der Waals surface area (Å²) in [5, 5.41) is 11.9. The number of thioether (sulfide) groups is 1. The quantitative estimate of drug-likeness (QED) is 0.285. The van der Waals surface area contributed by atoms with Crippen molar-refractivity contribution in [2.45, 2.75) is 30.5 Å². The summed E-state index contributed by atoms with van der Waals surface area (Å²) in [6.45, 7) is 0.435. The van der Waals surface area contributed by atoms with Gasteiger partial charge in [-0.05, 0) is 30.5 Å². The molecule has 2 heterocycles. The SMILES string of the molecule is O=C(CSc1nnc(C2CC2)o1)N(Cc1ccccc1)c1nc(-c2ccc(Cl)cc2)cs1. The van der Waals surface area contributed by atoms with Crippen molar-refractivity contribution in [3.8, 4) is 11.3 Å².